The zero-order chi connectivity index (χ0) is 14.4. The maximum atomic E-state index is 11.8. The number of aromatic nitrogens is 5. The summed E-state index contributed by atoms with van der Waals surface area (Å²) in [5.41, 5.74) is 7.15. The fourth-order valence-electron chi connectivity index (χ4n) is 2.39. The van der Waals surface area contributed by atoms with Crippen molar-refractivity contribution in [2.24, 2.45) is 12.8 Å². The molecule has 104 valence electrons. The van der Waals surface area contributed by atoms with Gasteiger partial charge in [0, 0.05) is 12.7 Å². The Hall–Kier alpha value is -2.35. The molecular weight excluding hydrogens is 282 g/mol. The topological polar surface area (TPSA) is 104 Å². The van der Waals surface area contributed by atoms with E-state index in [0.717, 1.165) is 0 Å². The van der Waals surface area contributed by atoms with Crippen LogP contribution in [-0.4, -0.2) is 30.5 Å². The van der Waals surface area contributed by atoms with Crippen LogP contribution in [0, 0.1) is 0 Å². The third kappa shape index (κ3) is 1.68. The number of hydrogen-bond donors (Lipinski definition) is 2. The van der Waals surface area contributed by atoms with Crippen LogP contribution in [0.15, 0.2) is 23.8 Å². The Bertz CT molecular complexity index is 709. The molecule has 1 aliphatic rings. The standard InChI is InChI=1S/C11H12ClN7O/c1-5-7(10(13)20)9(8-6(12)3-15-18(8)2)19-11(17-5)14-4-16-19/h3-4,9H,1-2H3,(H2,13,20)(H,14,16,17). The number of fused-ring (bicyclic) bond motifs is 1. The molecule has 1 amide bonds. The number of primary amides is 1. The number of rotatable bonds is 2. The number of anilines is 1. The normalized spacial score (nSPS) is 17.9. The zero-order valence-electron chi connectivity index (χ0n) is 10.8. The lowest BCUT2D eigenvalue weighted by atomic mass is 9.99. The number of hydrogen-bond acceptors (Lipinski definition) is 5. The number of allylic oxidation sites excluding steroid dienone is 1. The molecule has 0 spiro atoms. The van der Waals surface area contributed by atoms with Crippen LogP contribution in [0.4, 0.5) is 5.95 Å². The molecular formula is C11H12ClN7O. The fourth-order valence-corrected chi connectivity index (χ4v) is 2.66. The van der Waals surface area contributed by atoms with Gasteiger partial charge in [0.05, 0.1) is 22.5 Å². The summed E-state index contributed by atoms with van der Waals surface area (Å²) >= 11 is 6.19. The number of nitrogens with zero attached hydrogens (tertiary/aromatic N) is 5. The number of aryl methyl sites for hydroxylation is 1. The van der Waals surface area contributed by atoms with Crippen LogP contribution in [0.25, 0.3) is 0 Å². The second-order valence-corrected chi connectivity index (χ2v) is 4.87. The minimum absolute atomic E-state index is 0.383. The summed E-state index contributed by atoms with van der Waals surface area (Å²) in [6.07, 6.45) is 2.92. The van der Waals surface area contributed by atoms with Gasteiger partial charge in [-0.15, -0.1) is 0 Å². The van der Waals surface area contributed by atoms with Gasteiger partial charge in [0.1, 0.15) is 12.4 Å². The second kappa shape index (κ2) is 4.34. The number of halogens is 1. The van der Waals surface area contributed by atoms with E-state index in [1.54, 1.807) is 23.3 Å². The molecule has 2 aromatic heterocycles. The molecule has 3 rings (SSSR count). The Labute approximate surface area is 119 Å². The summed E-state index contributed by atoms with van der Waals surface area (Å²) in [5.74, 6) is -0.0202. The smallest absolute Gasteiger partial charge is 0.248 e. The highest BCUT2D eigenvalue weighted by Crippen LogP contribution is 2.36. The number of carbonyl (C=O) groups is 1. The van der Waals surface area contributed by atoms with Crippen molar-refractivity contribution in [3.05, 3.63) is 34.5 Å². The second-order valence-electron chi connectivity index (χ2n) is 4.46. The summed E-state index contributed by atoms with van der Waals surface area (Å²) < 4.78 is 3.16. The molecule has 20 heavy (non-hydrogen) atoms. The summed E-state index contributed by atoms with van der Waals surface area (Å²) in [6.45, 7) is 1.76. The first-order valence-electron chi connectivity index (χ1n) is 5.85. The van der Waals surface area contributed by atoms with E-state index in [1.807, 2.05) is 0 Å². The molecule has 0 saturated carbocycles. The van der Waals surface area contributed by atoms with Gasteiger partial charge in [-0.2, -0.15) is 15.2 Å². The highest BCUT2D eigenvalue weighted by atomic mass is 35.5. The van der Waals surface area contributed by atoms with E-state index in [2.05, 4.69) is 20.5 Å². The quantitative estimate of drug-likeness (QED) is 0.836. The maximum Gasteiger partial charge on any atom is 0.248 e. The molecule has 8 nitrogen and oxygen atoms in total. The van der Waals surface area contributed by atoms with E-state index in [4.69, 9.17) is 17.3 Å². The average molecular weight is 294 g/mol. The number of carbonyl (C=O) groups excluding carboxylic acids is 1. The van der Waals surface area contributed by atoms with Gasteiger partial charge in [-0.05, 0) is 6.92 Å². The Morgan fingerprint density at radius 1 is 1.50 bits per heavy atom. The third-order valence-corrected chi connectivity index (χ3v) is 3.55. The molecule has 1 unspecified atom stereocenters. The first-order valence-corrected chi connectivity index (χ1v) is 6.23. The molecule has 0 aliphatic carbocycles. The fraction of sp³-hybridized carbons (Fsp3) is 0.273. The minimum atomic E-state index is -0.550. The molecule has 3 heterocycles. The maximum absolute atomic E-state index is 11.8. The van der Waals surface area contributed by atoms with Gasteiger partial charge in [0.2, 0.25) is 11.9 Å². The van der Waals surface area contributed by atoms with Crippen molar-refractivity contribution in [2.75, 3.05) is 5.32 Å². The first kappa shape index (κ1) is 12.7. The van der Waals surface area contributed by atoms with Crippen molar-refractivity contribution >= 4 is 23.5 Å². The lowest BCUT2D eigenvalue weighted by Crippen LogP contribution is -2.33. The summed E-state index contributed by atoms with van der Waals surface area (Å²) in [6, 6.07) is -0.550. The van der Waals surface area contributed by atoms with E-state index in [0.29, 0.717) is 27.9 Å². The van der Waals surface area contributed by atoms with Crippen molar-refractivity contribution in [2.45, 2.75) is 13.0 Å². The Morgan fingerprint density at radius 2 is 2.25 bits per heavy atom. The van der Waals surface area contributed by atoms with Crippen molar-refractivity contribution in [3.8, 4) is 0 Å². The Balaban J connectivity index is 2.28. The molecule has 0 saturated heterocycles. The van der Waals surface area contributed by atoms with Crippen LogP contribution in [0.2, 0.25) is 5.02 Å². The Kier molecular flexibility index (Phi) is 2.75. The van der Waals surface area contributed by atoms with Gasteiger partial charge < -0.3 is 11.1 Å². The molecule has 0 fully saturated rings. The van der Waals surface area contributed by atoms with Gasteiger partial charge in [0.25, 0.3) is 0 Å². The van der Waals surface area contributed by atoms with Crippen molar-refractivity contribution < 1.29 is 4.79 Å². The molecule has 3 N–H and O–H groups in total. The summed E-state index contributed by atoms with van der Waals surface area (Å²) in [5, 5.41) is 11.7. The lowest BCUT2D eigenvalue weighted by molar-refractivity contribution is -0.115. The van der Waals surface area contributed by atoms with Crippen molar-refractivity contribution in [1.82, 2.24) is 24.5 Å². The molecule has 1 aliphatic heterocycles. The molecule has 0 radical (unpaired) electrons. The zero-order valence-corrected chi connectivity index (χ0v) is 11.6. The summed E-state index contributed by atoms with van der Waals surface area (Å²) in [7, 11) is 1.74. The van der Waals surface area contributed by atoms with Crippen LogP contribution in [0.3, 0.4) is 0 Å². The highest BCUT2D eigenvalue weighted by Gasteiger charge is 2.35. The Morgan fingerprint density at radius 3 is 2.85 bits per heavy atom. The lowest BCUT2D eigenvalue weighted by Gasteiger charge is -2.27. The number of nitrogens with one attached hydrogen (secondary N) is 1. The monoisotopic (exact) mass is 293 g/mol. The summed E-state index contributed by atoms with van der Waals surface area (Å²) in [4.78, 5) is 15.9. The van der Waals surface area contributed by atoms with Gasteiger partial charge in [-0.25, -0.2) is 4.68 Å². The van der Waals surface area contributed by atoms with Gasteiger partial charge in [-0.3, -0.25) is 9.48 Å². The highest BCUT2D eigenvalue weighted by molar-refractivity contribution is 6.31. The van der Waals surface area contributed by atoms with Crippen LogP contribution in [0.5, 0.6) is 0 Å². The predicted octanol–water partition coefficient (Wildman–Crippen LogP) is 0.439. The van der Waals surface area contributed by atoms with Crippen LogP contribution in [0.1, 0.15) is 18.7 Å². The SMILES string of the molecule is CC1=C(C(N)=O)C(c2c(Cl)cnn2C)n2ncnc2N1. The molecule has 0 bridgehead atoms. The molecule has 9 heteroatoms. The van der Waals surface area contributed by atoms with E-state index in [-0.39, 0.29) is 0 Å². The number of amides is 1. The van der Waals surface area contributed by atoms with E-state index in [1.165, 1.54) is 12.5 Å². The van der Waals surface area contributed by atoms with Crippen LogP contribution >= 0.6 is 11.6 Å². The van der Waals surface area contributed by atoms with E-state index < -0.39 is 11.9 Å². The largest absolute Gasteiger partial charge is 0.366 e. The third-order valence-electron chi connectivity index (χ3n) is 3.26. The molecule has 0 aromatic carbocycles. The van der Waals surface area contributed by atoms with Crippen molar-refractivity contribution in [3.63, 3.8) is 0 Å². The predicted molar refractivity (Wildman–Crippen MR) is 71.9 cm³/mol. The van der Waals surface area contributed by atoms with Crippen LogP contribution in [-0.2, 0) is 11.8 Å². The van der Waals surface area contributed by atoms with Gasteiger partial charge >= 0.3 is 0 Å². The number of nitrogens with two attached hydrogens (primary N) is 1. The van der Waals surface area contributed by atoms with Crippen LogP contribution < -0.4 is 11.1 Å². The van der Waals surface area contributed by atoms with Gasteiger partial charge in [0.15, 0.2) is 0 Å². The average Bonchev–Trinajstić information content (AvgIpc) is 2.95. The van der Waals surface area contributed by atoms with Crippen molar-refractivity contribution in [1.29, 1.82) is 0 Å². The first-order chi connectivity index (χ1) is 9.50. The van der Waals surface area contributed by atoms with E-state index >= 15 is 0 Å². The molecule has 1 atom stereocenters. The minimum Gasteiger partial charge on any atom is -0.366 e. The van der Waals surface area contributed by atoms with Gasteiger partial charge in [-0.1, -0.05) is 11.6 Å². The molecule has 2 aromatic rings. The van der Waals surface area contributed by atoms with E-state index in [9.17, 15) is 4.79 Å².